The lowest BCUT2D eigenvalue weighted by atomic mass is 10.1. The second-order valence-corrected chi connectivity index (χ2v) is 5.97. The highest BCUT2D eigenvalue weighted by Crippen LogP contribution is 2.31. The van der Waals surface area contributed by atoms with Crippen LogP contribution in [0.3, 0.4) is 0 Å². The first-order valence-corrected chi connectivity index (χ1v) is 7.68. The number of nitrogen functional groups attached to an aromatic ring is 1. The van der Waals surface area contributed by atoms with Gasteiger partial charge in [0.25, 0.3) is 10.1 Å². The molecule has 0 radical (unpaired) electrons. The van der Waals surface area contributed by atoms with Crippen LogP contribution in [-0.4, -0.2) is 20.1 Å². The Balaban J connectivity index is 2.27. The first-order chi connectivity index (χ1) is 10.3. The number of rotatable bonds is 4. The van der Waals surface area contributed by atoms with Crippen molar-refractivity contribution in [3.8, 4) is 5.75 Å². The average Bonchev–Trinajstić information content (AvgIpc) is 2.48. The average molecular weight is 321 g/mol. The highest BCUT2D eigenvalue weighted by Gasteiger charge is 2.08. The molecule has 8 heteroatoms. The van der Waals surface area contributed by atoms with Gasteiger partial charge >= 0.3 is 0 Å². The van der Waals surface area contributed by atoms with Crippen molar-refractivity contribution in [2.45, 2.75) is 11.8 Å². The highest BCUT2D eigenvalue weighted by molar-refractivity contribution is 7.85. The van der Waals surface area contributed by atoms with Crippen molar-refractivity contribution in [2.75, 3.05) is 12.8 Å². The quantitative estimate of drug-likeness (QED) is 0.509. The maximum absolute atomic E-state index is 10.9. The Morgan fingerprint density at radius 3 is 2.23 bits per heavy atom. The molecule has 0 fully saturated rings. The summed E-state index contributed by atoms with van der Waals surface area (Å²) < 4.78 is 35.9. The molecule has 0 saturated carbocycles. The van der Waals surface area contributed by atoms with Crippen LogP contribution in [0.1, 0.15) is 5.56 Å². The molecule has 116 valence electrons. The molecular weight excluding hydrogens is 306 g/mol. The maximum Gasteiger partial charge on any atom is 0.294 e. The summed E-state index contributed by atoms with van der Waals surface area (Å²) in [6, 6.07) is 8.78. The number of benzene rings is 2. The molecular formula is C14H15N3O4S. The molecule has 2 rings (SSSR count). The first-order valence-electron chi connectivity index (χ1n) is 6.24. The molecule has 0 aliphatic rings. The predicted octanol–water partition coefficient (Wildman–Crippen LogP) is 3.25. The standard InChI is InChI=1S/C14H15N3O4S/c1-9-7-11(8-13(21-2)14(9)15)17-16-10-3-5-12(6-4-10)22(18,19)20/h3-8H,15H2,1-2H3,(H,18,19,20)/b17-16+. The van der Waals surface area contributed by atoms with Gasteiger partial charge in [0.1, 0.15) is 5.75 Å². The van der Waals surface area contributed by atoms with Crippen molar-refractivity contribution in [3.63, 3.8) is 0 Å². The van der Waals surface area contributed by atoms with E-state index in [-0.39, 0.29) is 4.90 Å². The lowest BCUT2D eigenvalue weighted by Crippen LogP contribution is -1.96. The number of nitrogens with two attached hydrogens (primary N) is 1. The van der Waals surface area contributed by atoms with Gasteiger partial charge in [-0.05, 0) is 42.8 Å². The van der Waals surface area contributed by atoms with E-state index in [0.717, 1.165) is 5.56 Å². The Morgan fingerprint density at radius 1 is 1.09 bits per heavy atom. The summed E-state index contributed by atoms with van der Waals surface area (Å²) in [5.74, 6) is 0.510. The Kier molecular flexibility index (Phi) is 4.43. The van der Waals surface area contributed by atoms with Gasteiger partial charge in [0.05, 0.1) is 29.1 Å². The van der Waals surface area contributed by atoms with Crippen LogP contribution in [0, 0.1) is 6.92 Å². The smallest absolute Gasteiger partial charge is 0.294 e. The Morgan fingerprint density at radius 2 is 1.68 bits per heavy atom. The molecule has 0 unspecified atom stereocenters. The Hall–Kier alpha value is -2.45. The largest absolute Gasteiger partial charge is 0.495 e. The highest BCUT2D eigenvalue weighted by atomic mass is 32.2. The van der Waals surface area contributed by atoms with E-state index < -0.39 is 10.1 Å². The van der Waals surface area contributed by atoms with Gasteiger partial charge in [-0.15, -0.1) is 0 Å². The van der Waals surface area contributed by atoms with Gasteiger partial charge in [0.15, 0.2) is 0 Å². The zero-order valence-corrected chi connectivity index (χ0v) is 12.8. The lowest BCUT2D eigenvalue weighted by molar-refractivity contribution is 0.417. The van der Waals surface area contributed by atoms with Crippen LogP contribution in [-0.2, 0) is 10.1 Å². The van der Waals surface area contributed by atoms with Gasteiger partial charge < -0.3 is 10.5 Å². The molecule has 0 aliphatic carbocycles. The number of hydrogen-bond acceptors (Lipinski definition) is 6. The summed E-state index contributed by atoms with van der Waals surface area (Å²) in [6.07, 6.45) is 0. The minimum Gasteiger partial charge on any atom is -0.495 e. The van der Waals surface area contributed by atoms with Gasteiger partial charge in [-0.1, -0.05) is 0 Å². The van der Waals surface area contributed by atoms with Crippen molar-refractivity contribution in [3.05, 3.63) is 42.0 Å². The van der Waals surface area contributed by atoms with E-state index in [1.165, 1.54) is 31.4 Å². The molecule has 7 nitrogen and oxygen atoms in total. The van der Waals surface area contributed by atoms with Gasteiger partial charge in [-0.25, -0.2) is 0 Å². The van der Waals surface area contributed by atoms with Crippen LogP contribution >= 0.6 is 0 Å². The van der Waals surface area contributed by atoms with Crippen molar-refractivity contribution < 1.29 is 17.7 Å². The zero-order chi connectivity index (χ0) is 16.3. The Bertz CT molecular complexity index is 815. The van der Waals surface area contributed by atoms with Crippen LogP contribution in [0.15, 0.2) is 51.5 Å². The van der Waals surface area contributed by atoms with Gasteiger partial charge in [0.2, 0.25) is 0 Å². The summed E-state index contributed by atoms with van der Waals surface area (Å²) in [4.78, 5) is -0.198. The van der Waals surface area contributed by atoms with Crippen molar-refractivity contribution in [1.29, 1.82) is 0 Å². The number of methoxy groups -OCH3 is 1. The molecule has 3 N–H and O–H groups in total. The normalized spacial score (nSPS) is 11.8. The molecule has 0 spiro atoms. The molecule has 2 aromatic rings. The molecule has 0 amide bonds. The third-order valence-electron chi connectivity index (χ3n) is 2.97. The van der Waals surface area contributed by atoms with Gasteiger partial charge in [-0.3, -0.25) is 4.55 Å². The second kappa shape index (κ2) is 6.12. The lowest BCUT2D eigenvalue weighted by Gasteiger charge is -2.07. The van der Waals surface area contributed by atoms with E-state index in [1.54, 1.807) is 12.1 Å². The second-order valence-electron chi connectivity index (χ2n) is 4.55. The third kappa shape index (κ3) is 3.60. The molecule has 0 atom stereocenters. The molecule has 2 aromatic carbocycles. The van der Waals surface area contributed by atoms with Crippen LogP contribution in [0.2, 0.25) is 0 Å². The fourth-order valence-electron chi connectivity index (χ4n) is 1.77. The summed E-state index contributed by atoms with van der Waals surface area (Å²) in [5, 5.41) is 8.05. The van der Waals surface area contributed by atoms with Crippen LogP contribution < -0.4 is 10.5 Å². The fraction of sp³-hybridized carbons (Fsp3) is 0.143. The molecule has 0 heterocycles. The van der Waals surface area contributed by atoms with E-state index in [0.29, 0.717) is 22.8 Å². The van der Waals surface area contributed by atoms with Crippen LogP contribution in [0.4, 0.5) is 17.1 Å². The molecule has 0 saturated heterocycles. The van der Waals surface area contributed by atoms with Crippen LogP contribution in [0.25, 0.3) is 0 Å². The third-order valence-corrected chi connectivity index (χ3v) is 3.84. The summed E-state index contributed by atoms with van der Waals surface area (Å²) in [7, 11) is -2.69. The van der Waals surface area contributed by atoms with Gasteiger partial charge in [0, 0.05) is 6.07 Å². The topological polar surface area (TPSA) is 114 Å². The number of hydrogen-bond donors (Lipinski definition) is 2. The number of aryl methyl sites for hydroxylation is 1. The van der Waals surface area contributed by atoms with Crippen molar-refractivity contribution in [1.82, 2.24) is 0 Å². The monoisotopic (exact) mass is 321 g/mol. The van der Waals surface area contributed by atoms with Crippen molar-refractivity contribution in [2.24, 2.45) is 10.2 Å². The van der Waals surface area contributed by atoms with E-state index in [2.05, 4.69) is 10.2 Å². The van der Waals surface area contributed by atoms with Gasteiger partial charge in [-0.2, -0.15) is 18.6 Å². The summed E-state index contributed by atoms with van der Waals surface area (Å²) in [5.41, 5.74) is 8.21. The number of anilines is 1. The molecule has 0 aliphatic heterocycles. The zero-order valence-electron chi connectivity index (χ0n) is 12.0. The maximum atomic E-state index is 10.9. The van der Waals surface area contributed by atoms with E-state index in [1.807, 2.05) is 6.92 Å². The molecule has 0 aromatic heterocycles. The number of azo groups is 1. The first kappa shape index (κ1) is 15.9. The van der Waals surface area contributed by atoms with Crippen LogP contribution in [0.5, 0.6) is 5.75 Å². The predicted molar refractivity (Wildman–Crippen MR) is 82.6 cm³/mol. The molecule has 0 bridgehead atoms. The van der Waals surface area contributed by atoms with E-state index in [4.69, 9.17) is 15.0 Å². The summed E-state index contributed by atoms with van der Waals surface area (Å²) in [6.45, 7) is 1.83. The fourth-order valence-corrected chi connectivity index (χ4v) is 2.25. The summed E-state index contributed by atoms with van der Waals surface area (Å²) >= 11 is 0. The minimum absolute atomic E-state index is 0.198. The minimum atomic E-state index is -4.21. The number of nitrogens with zero attached hydrogens (tertiary/aromatic N) is 2. The number of ether oxygens (including phenoxy) is 1. The Labute approximate surface area is 128 Å². The van der Waals surface area contributed by atoms with E-state index in [9.17, 15) is 8.42 Å². The van der Waals surface area contributed by atoms with E-state index >= 15 is 0 Å². The SMILES string of the molecule is COc1cc(/N=N/c2ccc(S(=O)(=O)O)cc2)cc(C)c1N. The molecule has 22 heavy (non-hydrogen) atoms. The van der Waals surface area contributed by atoms with Crippen molar-refractivity contribution >= 4 is 27.2 Å².